The van der Waals surface area contributed by atoms with Crippen LogP contribution in [-0.2, 0) is 4.79 Å². The van der Waals surface area contributed by atoms with E-state index < -0.39 is 0 Å². The number of benzene rings is 2. The number of aryl methyl sites for hydroxylation is 3. The maximum atomic E-state index is 14.1. The third-order valence-electron chi connectivity index (χ3n) is 6.48. The SMILES string of the molecule is CCOc1c(/C(C)=C/C(=O)N2CCN(c3ccccc3F)CC2)cc2c(C)c(C)oc2c1C. The number of para-hydroxylation sites is 1. The third kappa shape index (κ3) is 4.34. The predicted molar refractivity (Wildman–Crippen MR) is 130 cm³/mol. The molecule has 1 aliphatic rings. The van der Waals surface area contributed by atoms with Crippen LogP contribution in [0.3, 0.4) is 0 Å². The van der Waals surface area contributed by atoms with E-state index in [9.17, 15) is 9.18 Å². The van der Waals surface area contributed by atoms with Crippen molar-refractivity contribution in [2.75, 3.05) is 37.7 Å². The zero-order valence-electron chi connectivity index (χ0n) is 20.0. The minimum Gasteiger partial charge on any atom is -0.493 e. The van der Waals surface area contributed by atoms with Gasteiger partial charge in [0.05, 0.1) is 12.3 Å². The van der Waals surface area contributed by atoms with Gasteiger partial charge in [-0.1, -0.05) is 12.1 Å². The molecular formula is C27H31FN2O3. The molecule has 0 saturated carbocycles. The molecule has 6 heteroatoms. The molecule has 0 bridgehead atoms. The number of amides is 1. The van der Waals surface area contributed by atoms with Crippen LogP contribution in [0.15, 0.2) is 40.8 Å². The molecule has 0 atom stereocenters. The second-order valence-electron chi connectivity index (χ2n) is 8.56. The molecule has 174 valence electrons. The average molecular weight is 451 g/mol. The van der Waals surface area contributed by atoms with E-state index in [2.05, 4.69) is 6.07 Å². The van der Waals surface area contributed by atoms with E-state index in [0.717, 1.165) is 44.7 Å². The Balaban J connectivity index is 1.57. The Morgan fingerprint density at radius 3 is 2.48 bits per heavy atom. The van der Waals surface area contributed by atoms with Crippen LogP contribution < -0.4 is 9.64 Å². The van der Waals surface area contributed by atoms with Crippen LogP contribution in [0, 0.1) is 26.6 Å². The Morgan fingerprint density at radius 1 is 1.12 bits per heavy atom. The summed E-state index contributed by atoms with van der Waals surface area (Å²) < 4.78 is 26.1. The summed E-state index contributed by atoms with van der Waals surface area (Å²) in [4.78, 5) is 16.9. The standard InChI is InChI=1S/C27H31FN2O3/c1-6-32-26-19(4)27-22(18(3)20(5)33-27)16-21(26)17(2)15-25(31)30-13-11-29(12-14-30)24-10-8-7-9-23(24)28/h7-10,15-16H,6,11-14H2,1-5H3/b17-15+. The van der Waals surface area contributed by atoms with Gasteiger partial charge in [0, 0.05) is 48.8 Å². The Labute approximate surface area is 194 Å². The number of halogens is 1. The highest BCUT2D eigenvalue weighted by Crippen LogP contribution is 2.39. The summed E-state index contributed by atoms with van der Waals surface area (Å²) in [6, 6.07) is 8.84. The molecule has 0 unspecified atom stereocenters. The summed E-state index contributed by atoms with van der Waals surface area (Å²) in [6.45, 7) is 12.7. The molecule has 1 aliphatic heterocycles. The summed E-state index contributed by atoms with van der Waals surface area (Å²) in [5, 5.41) is 1.04. The molecule has 0 spiro atoms. The van der Waals surface area contributed by atoms with E-state index in [4.69, 9.17) is 9.15 Å². The number of nitrogens with zero attached hydrogens (tertiary/aromatic N) is 2. The molecule has 1 saturated heterocycles. The van der Waals surface area contributed by atoms with E-state index >= 15 is 0 Å². The monoisotopic (exact) mass is 450 g/mol. The van der Waals surface area contributed by atoms with Crippen LogP contribution >= 0.6 is 0 Å². The minimum absolute atomic E-state index is 0.0408. The van der Waals surface area contributed by atoms with Gasteiger partial charge in [-0.05, 0) is 64.0 Å². The van der Waals surface area contributed by atoms with Gasteiger partial charge in [-0.2, -0.15) is 0 Å². The Bertz CT molecular complexity index is 1220. The molecule has 1 fully saturated rings. The van der Waals surface area contributed by atoms with Crippen molar-refractivity contribution in [1.82, 2.24) is 4.90 Å². The average Bonchev–Trinajstić information content (AvgIpc) is 3.10. The summed E-state index contributed by atoms with van der Waals surface area (Å²) >= 11 is 0. The van der Waals surface area contributed by atoms with Gasteiger partial charge in [-0.25, -0.2) is 4.39 Å². The third-order valence-corrected chi connectivity index (χ3v) is 6.48. The van der Waals surface area contributed by atoms with Gasteiger partial charge in [0.25, 0.3) is 0 Å². The number of hydrogen-bond acceptors (Lipinski definition) is 4. The fourth-order valence-corrected chi connectivity index (χ4v) is 4.47. The maximum absolute atomic E-state index is 14.1. The number of carbonyl (C=O) groups is 1. The van der Waals surface area contributed by atoms with Gasteiger partial charge >= 0.3 is 0 Å². The lowest BCUT2D eigenvalue weighted by Gasteiger charge is -2.35. The molecule has 1 aromatic heterocycles. The highest BCUT2D eigenvalue weighted by molar-refractivity contribution is 5.98. The van der Waals surface area contributed by atoms with Crippen LogP contribution in [0.4, 0.5) is 10.1 Å². The Morgan fingerprint density at radius 2 is 1.82 bits per heavy atom. The van der Waals surface area contributed by atoms with Crippen molar-refractivity contribution < 1.29 is 18.3 Å². The smallest absolute Gasteiger partial charge is 0.246 e. The first-order valence-corrected chi connectivity index (χ1v) is 11.4. The van der Waals surface area contributed by atoms with Crippen molar-refractivity contribution in [3.05, 3.63) is 64.7 Å². The lowest BCUT2D eigenvalue weighted by molar-refractivity contribution is -0.126. The molecule has 1 amide bonds. The highest BCUT2D eigenvalue weighted by atomic mass is 19.1. The molecule has 0 radical (unpaired) electrons. The van der Waals surface area contributed by atoms with Crippen LogP contribution in [-0.4, -0.2) is 43.6 Å². The number of furan rings is 1. The minimum atomic E-state index is -0.230. The lowest BCUT2D eigenvalue weighted by Crippen LogP contribution is -2.48. The van der Waals surface area contributed by atoms with Gasteiger partial charge < -0.3 is 19.0 Å². The maximum Gasteiger partial charge on any atom is 0.246 e. The molecule has 0 N–H and O–H groups in total. The van der Waals surface area contributed by atoms with Gasteiger partial charge in [-0.3, -0.25) is 4.79 Å². The first-order valence-electron chi connectivity index (χ1n) is 11.4. The molecule has 4 rings (SSSR count). The molecule has 33 heavy (non-hydrogen) atoms. The number of rotatable bonds is 5. The van der Waals surface area contributed by atoms with E-state index in [1.165, 1.54) is 6.07 Å². The molecule has 2 heterocycles. The van der Waals surface area contributed by atoms with E-state index in [1.54, 1.807) is 18.2 Å². The molecule has 5 nitrogen and oxygen atoms in total. The second-order valence-corrected chi connectivity index (χ2v) is 8.56. The highest BCUT2D eigenvalue weighted by Gasteiger charge is 2.23. The van der Waals surface area contributed by atoms with E-state index in [0.29, 0.717) is 38.5 Å². The number of ether oxygens (including phenoxy) is 1. The summed E-state index contributed by atoms with van der Waals surface area (Å²) in [5.74, 6) is 1.37. The van der Waals surface area contributed by atoms with E-state index in [1.807, 2.05) is 50.5 Å². The fourth-order valence-electron chi connectivity index (χ4n) is 4.47. The number of allylic oxidation sites excluding steroid dienone is 1. The van der Waals surface area contributed by atoms with Crippen molar-refractivity contribution in [3.8, 4) is 5.75 Å². The second kappa shape index (κ2) is 9.30. The number of hydrogen-bond donors (Lipinski definition) is 0. The van der Waals surface area contributed by atoms with Gasteiger partial charge in [0.2, 0.25) is 5.91 Å². The normalized spacial score (nSPS) is 14.8. The number of piperazine rings is 1. The fraction of sp³-hybridized carbons (Fsp3) is 0.370. The zero-order valence-corrected chi connectivity index (χ0v) is 20.0. The summed E-state index contributed by atoms with van der Waals surface area (Å²) in [7, 11) is 0. The number of anilines is 1. The number of carbonyl (C=O) groups excluding carboxylic acids is 1. The largest absolute Gasteiger partial charge is 0.493 e. The van der Waals surface area contributed by atoms with Crippen molar-refractivity contribution in [2.24, 2.45) is 0 Å². The molecule has 0 aliphatic carbocycles. The summed E-state index contributed by atoms with van der Waals surface area (Å²) in [6.07, 6.45) is 1.68. The quantitative estimate of drug-likeness (QED) is 0.472. The summed E-state index contributed by atoms with van der Waals surface area (Å²) in [5.41, 5.74) is 5.22. The van der Waals surface area contributed by atoms with Gasteiger partial charge in [0.15, 0.2) is 0 Å². The number of fused-ring (bicyclic) bond motifs is 1. The van der Waals surface area contributed by atoms with Gasteiger partial charge in [0.1, 0.15) is 22.9 Å². The van der Waals surface area contributed by atoms with Crippen molar-refractivity contribution in [3.63, 3.8) is 0 Å². The van der Waals surface area contributed by atoms with Crippen LogP contribution in [0.25, 0.3) is 16.5 Å². The zero-order chi connectivity index (χ0) is 23.7. The molecule has 2 aromatic carbocycles. The van der Waals surface area contributed by atoms with Crippen LogP contribution in [0.5, 0.6) is 5.75 Å². The van der Waals surface area contributed by atoms with Crippen LogP contribution in [0.2, 0.25) is 0 Å². The topological polar surface area (TPSA) is 45.9 Å². The van der Waals surface area contributed by atoms with Crippen molar-refractivity contribution in [1.29, 1.82) is 0 Å². The lowest BCUT2D eigenvalue weighted by atomic mass is 9.98. The van der Waals surface area contributed by atoms with E-state index in [-0.39, 0.29) is 11.7 Å². The predicted octanol–water partition coefficient (Wildman–Crippen LogP) is 5.65. The van der Waals surface area contributed by atoms with Crippen molar-refractivity contribution >= 4 is 28.1 Å². The Hall–Kier alpha value is -3.28. The Kier molecular flexibility index (Phi) is 6.45. The van der Waals surface area contributed by atoms with Gasteiger partial charge in [-0.15, -0.1) is 0 Å². The van der Waals surface area contributed by atoms with Crippen LogP contribution in [0.1, 0.15) is 36.3 Å². The first kappa shape index (κ1) is 22.9. The first-order chi connectivity index (χ1) is 15.8. The molecular weight excluding hydrogens is 419 g/mol. The molecule has 3 aromatic rings. The van der Waals surface area contributed by atoms with Crippen molar-refractivity contribution in [2.45, 2.75) is 34.6 Å².